The van der Waals surface area contributed by atoms with Crippen molar-refractivity contribution in [3.63, 3.8) is 0 Å². The fraction of sp³-hybridized carbons (Fsp3) is 0.294. The van der Waals surface area contributed by atoms with E-state index in [9.17, 15) is 8.78 Å². The maximum absolute atomic E-state index is 13.9. The summed E-state index contributed by atoms with van der Waals surface area (Å²) in [6.07, 6.45) is 0.583. The van der Waals surface area contributed by atoms with Crippen LogP contribution in [0.15, 0.2) is 42.5 Å². The number of benzene rings is 2. The molecule has 112 valence electrons. The Morgan fingerprint density at radius 3 is 2.62 bits per heavy atom. The molecule has 0 amide bonds. The maximum Gasteiger partial charge on any atom is 0.129 e. The van der Waals surface area contributed by atoms with E-state index in [1.54, 1.807) is 0 Å². The van der Waals surface area contributed by atoms with Crippen LogP contribution < -0.4 is 10.5 Å². The Bertz CT molecular complexity index is 601. The standard InChI is InChI=1S/C17H19F2NO/c1-2-21-15-5-3-4-12(9-15)8-13(11-20)16-7-6-14(18)10-17(16)19/h3-7,9-10,13H,2,8,11,20H2,1H3. The summed E-state index contributed by atoms with van der Waals surface area (Å²) in [6, 6.07) is 11.3. The van der Waals surface area contributed by atoms with Crippen LogP contribution in [0, 0.1) is 11.6 Å². The zero-order chi connectivity index (χ0) is 15.2. The normalized spacial score (nSPS) is 12.2. The first-order valence-electron chi connectivity index (χ1n) is 7.00. The number of hydrogen-bond donors (Lipinski definition) is 1. The van der Waals surface area contributed by atoms with Crippen molar-refractivity contribution < 1.29 is 13.5 Å². The molecule has 2 aromatic rings. The first-order valence-corrected chi connectivity index (χ1v) is 7.00. The van der Waals surface area contributed by atoms with Crippen LogP contribution in [-0.4, -0.2) is 13.2 Å². The van der Waals surface area contributed by atoms with E-state index in [-0.39, 0.29) is 5.92 Å². The average molecular weight is 291 g/mol. The molecule has 0 saturated heterocycles. The van der Waals surface area contributed by atoms with Crippen molar-refractivity contribution in [2.24, 2.45) is 5.73 Å². The highest BCUT2D eigenvalue weighted by Crippen LogP contribution is 2.25. The average Bonchev–Trinajstić information content (AvgIpc) is 2.46. The molecule has 21 heavy (non-hydrogen) atoms. The quantitative estimate of drug-likeness (QED) is 0.881. The van der Waals surface area contributed by atoms with E-state index >= 15 is 0 Å². The molecule has 0 aromatic heterocycles. The topological polar surface area (TPSA) is 35.2 Å². The molecule has 4 heteroatoms. The van der Waals surface area contributed by atoms with Gasteiger partial charge in [0.2, 0.25) is 0 Å². The lowest BCUT2D eigenvalue weighted by Crippen LogP contribution is -2.16. The molecule has 2 aromatic carbocycles. The summed E-state index contributed by atoms with van der Waals surface area (Å²) in [5, 5.41) is 0. The van der Waals surface area contributed by atoms with Crippen molar-refractivity contribution in [1.29, 1.82) is 0 Å². The van der Waals surface area contributed by atoms with Gasteiger partial charge in [0, 0.05) is 12.0 Å². The van der Waals surface area contributed by atoms with Crippen molar-refractivity contribution in [3.8, 4) is 5.75 Å². The maximum atomic E-state index is 13.9. The fourth-order valence-electron chi connectivity index (χ4n) is 2.37. The van der Waals surface area contributed by atoms with Crippen LogP contribution in [0.2, 0.25) is 0 Å². The number of rotatable bonds is 6. The van der Waals surface area contributed by atoms with Gasteiger partial charge in [-0.1, -0.05) is 18.2 Å². The van der Waals surface area contributed by atoms with E-state index in [0.29, 0.717) is 25.1 Å². The lowest BCUT2D eigenvalue weighted by Gasteiger charge is -2.17. The van der Waals surface area contributed by atoms with Gasteiger partial charge in [0.25, 0.3) is 0 Å². The van der Waals surface area contributed by atoms with Gasteiger partial charge >= 0.3 is 0 Å². The van der Waals surface area contributed by atoms with Crippen LogP contribution in [0.5, 0.6) is 5.75 Å². The molecule has 1 unspecified atom stereocenters. The largest absolute Gasteiger partial charge is 0.494 e. The third-order valence-electron chi connectivity index (χ3n) is 3.38. The molecule has 0 fully saturated rings. The van der Waals surface area contributed by atoms with Crippen molar-refractivity contribution in [3.05, 3.63) is 65.2 Å². The molecule has 0 radical (unpaired) electrons. The second kappa shape index (κ2) is 7.18. The highest BCUT2D eigenvalue weighted by atomic mass is 19.1. The molecule has 1 atom stereocenters. The second-order valence-corrected chi connectivity index (χ2v) is 4.88. The van der Waals surface area contributed by atoms with E-state index < -0.39 is 11.6 Å². The molecule has 0 spiro atoms. The van der Waals surface area contributed by atoms with E-state index in [1.165, 1.54) is 12.1 Å². The molecule has 2 nitrogen and oxygen atoms in total. The predicted octanol–water partition coefficient (Wildman–Crippen LogP) is 3.65. The second-order valence-electron chi connectivity index (χ2n) is 4.88. The lowest BCUT2D eigenvalue weighted by molar-refractivity contribution is 0.340. The minimum atomic E-state index is -0.578. The zero-order valence-corrected chi connectivity index (χ0v) is 12.0. The smallest absolute Gasteiger partial charge is 0.129 e. The molecule has 0 aliphatic heterocycles. The Kier molecular flexibility index (Phi) is 5.28. The lowest BCUT2D eigenvalue weighted by atomic mass is 9.91. The number of halogens is 2. The van der Waals surface area contributed by atoms with E-state index in [4.69, 9.17) is 10.5 Å². The van der Waals surface area contributed by atoms with Crippen LogP contribution >= 0.6 is 0 Å². The number of hydrogen-bond acceptors (Lipinski definition) is 2. The Labute approximate surface area is 123 Å². The fourth-order valence-corrected chi connectivity index (χ4v) is 2.37. The van der Waals surface area contributed by atoms with Crippen LogP contribution in [0.25, 0.3) is 0 Å². The van der Waals surface area contributed by atoms with Gasteiger partial charge in [-0.05, 0) is 49.2 Å². The Hall–Kier alpha value is -1.94. The summed E-state index contributed by atoms with van der Waals surface area (Å²) >= 11 is 0. The van der Waals surface area contributed by atoms with Gasteiger partial charge in [0.15, 0.2) is 0 Å². The molecule has 0 aliphatic carbocycles. The molecule has 0 aliphatic rings. The Morgan fingerprint density at radius 2 is 1.95 bits per heavy atom. The van der Waals surface area contributed by atoms with E-state index in [0.717, 1.165) is 17.4 Å². The Morgan fingerprint density at radius 1 is 1.14 bits per heavy atom. The molecule has 2 N–H and O–H groups in total. The summed E-state index contributed by atoms with van der Waals surface area (Å²) < 4.78 is 32.3. The summed E-state index contributed by atoms with van der Waals surface area (Å²) in [7, 11) is 0. The van der Waals surface area contributed by atoms with Crippen LogP contribution in [0.3, 0.4) is 0 Å². The number of ether oxygens (including phenoxy) is 1. The summed E-state index contributed by atoms with van der Waals surface area (Å²) in [6.45, 7) is 2.81. The SMILES string of the molecule is CCOc1cccc(CC(CN)c2ccc(F)cc2F)c1. The van der Waals surface area contributed by atoms with Crippen LogP contribution in [0.1, 0.15) is 24.0 Å². The van der Waals surface area contributed by atoms with Crippen molar-refractivity contribution in [1.82, 2.24) is 0 Å². The van der Waals surface area contributed by atoms with Gasteiger partial charge in [-0.3, -0.25) is 0 Å². The van der Waals surface area contributed by atoms with Crippen LogP contribution in [0.4, 0.5) is 8.78 Å². The first-order chi connectivity index (χ1) is 10.1. The van der Waals surface area contributed by atoms with Gasteiger partial charge in [-0.15, -0.1) is 0 Å². The number of nitrogens with two attached hydrogens (primary N) is 1. The van der Waals surface area contributed by atoms with E-state index in [2.05, 4.69) is 0 Å². The molecule has 0 heterocycles. The highest BCUT2D eigenvalue weighted by molar-refractivity contribution is 5.31. The zero-order valence-electron chi connectivity index (χ0n) is 12.0. The van der Waals surface area contributed by atoms with Crippen molar-refractivity contribution >= 4 is 0 Å². The van der Waals surface area contributed by atoms with Crippen molar-refractivity contribution in [2.45, 2.75) is 19.3 Å². The predicted molar refractivity (Wildman–Crippen MR) is 79.5 cm³/mol. The molecule has 0 saturated carbocycles. The van der Waals surface area contributed by atoms with Gasteiger partial charge in [-0.25, -0.2) is 8.78 Å². The monoisotopic (exact) mass is 291 g/mol. The molecular weight excluding hydrogens is 272 g/mol. The van der Waals surface area contributed by atoms with Gasteiger partial charge in [-0.2, -0.15) is 0 Å². The van der Waals surface area contributed by atoms with Gasteiger partial charge in [0.05, 0.1) is 6.61 Å². The molecule has 2 rings (SSSR count). The van der Waals surface area contributed by atoms with Gasteiger partial charge < -0.3 is 10.5 Å². The molecule has 0 bridgehead atoms. The van der Waals surface area contributed by atoms with E-state index in [1.807, 2.05) is 31.2 Å². The minimum absolute atomic E-state index is 0.192. The Balaban J connectivity index is 2.20. The summed E-state index contributed by atoms with van der Waals surface area (Å²) in [5.74, 6) is -0.537. The third-order valence-corrected chi connectivity index (χ3v) is 3.38. The summed E-state index contributed by atoms with van der Waals surface area (Å²) in [4.78, 5) is 0. The highest BCUT2D eigenvalue weighted by Gasteiger charge is 2.16. The minimum Gasteiger partial charge on any atom is -0.494 e. The summed E-state index contributed by atoms with van der Waals surface area (Å²) in [5.41, 5.74) is 7.22. The van der Waals surface area contributed by atoms with Crippen molar-refractivity contribution in [2.75, 3.05) is 13.2 Å². The third kappa shape index (κ3) is 4.02. The van der Waals surface area contributed by atoms with Crippen LogP contribution in [-0.2, 0) is 6.42 Å². The first kappa shape index (κ1) is 15.4. The molecular formula is C17H19F2NO. The van der Waals surface area contributed by atoms with Gasteiger partial charge in [0.1, 0.15) is 17.4 Å².